The molecule has 8 nitrogen and oxygen atoms in total. The van der Waals surface area contributed by atoms with Crippen LogP contribution in [0.25, 0.3) is 0 Å². The zero-order valence-electron chi connectivity index (χ0n) is 16.4. The van der Waals surface area contributed by atoms with Gasteiger partial charge in [0.25, 0.3) is 0 Å². The summed E-state index contributed by atoms with van der Waals surface area (Å²) in [5, 5.41) is 10.8. The molecule has 1 saturated carbocycles. The van der Waals surface area contributed by atoms with Crippen molar-refractivity contribution in [1.29, 1.82) is 0 Å². The van der Waals surface area contributed by atoms with Crippen molar-refractivity contribution in [2.75, 3.05) is 6.61 Å². The number of esters is 1. The van der Waals surface area contributed by atoms with Crippen molar-refractivity contribution in [1.82, 2.24) is 4.72 Å². The van der Waals surface area contributed by atoms with Crippen molar-refractivity contribution in [2.45, 2.75) is 69.2 Å². The summed E-state index contributed by atoms with van der Waals surface area (Å²) in [4.78, 5) is 11.4. The maximum Gasteiger partial charge on any atom is 0.302 e. The van der Waals surface area contributed by atoms with Gasteiger partial charge in [-0.05, 0) is 39.3 Å². The Morgan fingerprint density at radius 1 is 1.25 bits per heavy atom. The van der Waals surface area contributed by atoms with Gasteiger partial charge in [0.15, 0.2) is 5.79 Å². The second-order valence-electron chi connectivity index (χ2n) is 7.89. The first-order chi connectivity index (χ1) is 13.0. The van der Waals surface area contributed by atoms with E-state index in [1.165, 1.54) is 19.1 Å². The molecule has 0 spiro atoms. The lowest BCUT2D eigenvalue weighted by atomic mass is 9.80. The summed E-state index contributed by atoms with van der Waals surface area (Å²) in [6.45, 7) is 6.70. The number of sulfonamides is 1. The van der Waals surface area contributed by atoms with Crippen LogP contribution in [0.5, 0.6) is 0 Å². The van der Waals surface area contributed by atoms with E-state index in [2.05, 4.69) is 4.72 Å². The van der Waals surface area contributed by atoms with E-state index in [0.717, 1.165) is 5.56 Å². The SMILES string of the molecule is CC(=O)OC[C@H]1C[C@H](NS(=O)(=O)c2ccc(C)cc2)[C@H](O)[C@H]2OC(C)(C)O[C@@H]12. The zero-order chi connectivity index (χ0) is 20.7. The molecule has 156 valence electrons. The van der Waals surface area contributed by atoms with Gasteiger partial charge in [0.05, 0.1) is 29.8 Å². The number of carbonyl (C=O) groups is 1. The number of benzene rings is 1. The highest BCUT2D eigenvalue weighted by Gasteiger charge is 2.54. The average molecular weight is 413 g/mol. The van der Waals surface area contributed by atoms with Crippen LogP contribution in [0.15, 0.2) is 29.2 Å². The maximum atomic E-state index is 12.8. The van der Waals surface area contributed by atoms with Crippen molar-refractivity contribution in [3.8, 4) is 0 Å². The largest absolute Gasteiger partial charge is 0.465 e. The normalized spacial score (nSPS) is 32.0. The van der Waals surface area contributed by atoms with Gasteiger partial charge in [-0.3, -0.25) is 4.79 Å². The molecule has 2 fully saturated rings. The molecular weight excluding hydrogens is 386 g/mol. The Balaban J connectivity index is 1.82. The molecular formula is C19H27NO7S. The van der Waals surface area contributed by atoms with Crippen LogP contribution in [-0.4, -0.2) is 56.2 Å². The zero-order valence-corrected chi connectivity index (χ0v) is 17.2. The van der Waals surface area contributed by atoms with E-state index in [1.54, 1.807) is 26.0 Å². The Kier molecular flexibility index (Phi) is 5.84. The maximum absolute atomic E-state index is 12.8. The first kappa shape index (κ1) is 21.2. The van der Waals surface area contributed by atoms with E-state index in [0.29, 0.717) is 0 Å². The molecule has 2 aliphatic rings. The molecule has 1 aromatic rings. The van der Waals surface area contributed by atoms with Gasteiger partial charge in [-0.1, -0.05) is 17.7 Å². The molecule has 1 aliphatic heterocycles. The van der Waals surface area contributed by atoms with Crippen molar-refractivity contribution in [3.63, 3.8) is 0 Å². The Labute approximate surface area is 165 Å². The fraction of sp³-hybridized carbons (Fsp3) is 0.632. The predicted octanol–water partition coefficient (Wildman–Crippen LogP) is 1.11. The van der Waals surface area contributed by atoms with Gasteiger partial charge in [0.2, 0.25) is 10.0 Å². The number of aliphatic hydroxyl groups is 1. The van der Waals surface area contributed by atoms with Crippen LogP contribution in [0, 0.1) is 12.8 Å². The van der Waals surface area contributed by atoms with Crippen LogP contribution in [0.3, 0.4) is 0 Å². The standard InChI is InChI=1S/C19H27NO7S/c1-11-5-7-14(8-6-11)28(23,24)20-15-9-13(10-25-12(2)21)17-18(16(15)22)27-19(3,4)26-17/h5-8,13,15-18,20,22H,9-10H2,1-4H3/t13-,15+,16+,17+,18-/m1/s1. The highest BCUT2D eigenvalue weighted by molar-refractivity contribution is 7.89. The van der Waals surface area contributed by atoms with Gasteiger partial charge in [0, 0.05) is 12.8 Å². The second kappa shape index (κ2) is 7.72. The minimum atomic E-state index is -3.84. The number of fused-ring (bicyclic) bond motifs is 1. The molecule has 2 N–H and O–H groups in total. The van der Waals surface area contributed by atoms with Gasteiger partial charge in [-0.15, -0.1) is 0 Å². The van der Waals surface area contributed by atoms with Gasteiger partial charge in [-0.25, -0.2) is 13.1 Å². The lowest BCUT2D eigenvalue weighted by Crippen LogP contribution is -2.58. The highest BCUT2D eigenvalue weighted by atomic mass is 32.2. The lowest BCUT2D eigenvalue weighted by molar-refractivity contribution is -0.157. The van der Waals surface area contributed by atoms with E-state index in [1.807, 2.05) is 6.92 Å². The molecule has 0 amide bonds. The molecule has 0 aromatic heterocycles. The molecule has 0 unspecified atom stereocenters. The lowest BCUT2D eigenvalue weighted by Gasteiger charge is -2.39. The van der Waals surface area contributed by atoms with Crippen molar-refractivity contribution in [2.24, 2.45) is 5.92 Å². The van der Waals surface area contributed by atoms with Crippen LogP contribution in [0.1, 0.15) is 32.8 Å². The topological polar surface area (TPSA) is 111 Å². The molecule has 1 saturated heterocycles. The Morgan fingerprint density at radius 3 is 2.46 bits per heavy atom. The second-order valence-corrected chi connectivity index (χ2v) is 9.61. The van der Waals surface area contributed by atoms with Gasteiger partial charge >= 0.3 is 5.97 Å². The number of aliphatic hydroxyl groups excluding tert-OH is 1. The first-order valence-electron chi connectivity index (χ1n) is 9.24. The number of hydrogen-bond donors (Lipinski definition) is 2. The number of hydrogen-bond acceptors (Lipinski definition) is 7. The van der Waals surface area contributed by atoms with Crippen molar-refractivity contribution in [3.05, 3.63) is 29.8 Å². The Bertz CT molecular complexity index is 821. The fourth-order valence-corrected chi connectivity index (χ4v) is 5.03. The van der Waals surface area contributed by atoms with E-state index in [-0.39, 0.29) is 23.8 Å². The summed E-state index contributed by atoms with van der Waals surface area (Å²) in [7, 11) is -3.84. The van der Waals surface area contributed by atoms with Gasteiger partial charge in [0.1, 0.15) is 6.10 Å². The molecule has 9 heteroatoms. The minimum Gasteiger partial charge on any atom is -0.465 e. The summed E-state index contributed by atoms with van der Waals surface area (Å²) < 4.78 is 45.0. The third-order valence-electron chi connectivity index (χ3n) is 5.07. The summed E-state index contributed by atoms with van der Waals surface area (Å²) in [5.41, 5.74) is 0.944. The predicted molar refractivity (Wildman–Crippen MR) is 99.9 cm³/mol. The Hall–Kier alpha value is -1.52. The molecule has 28 heavy (non-hydrogen) atoms. The van der Waals surface area contributed by atoms with Crippen LogP contribution >= 0.6 is 0 Å². The van der Waals surface area contributed by atoms with E-state index in [9.17, 15) is 18.3 Å². The van der Waals surface area contributed by atoms with Crippen LogP contribution in [0.2, 0.25) is 0 Å². The Morgan fingerprint density at radius 2 is 1.86 bits per heavy atom. The van der Waals surface area contributed by atoms with E-state index < -0.39 is 46.1 Å². The van der Waals surface area contributed by atoms with E-state index in [4.69, 9.17) is 14.2 Å². The number of carbonyl (C=O) groups excluding carboxylic acids is 1. The van der Waals surface area contributed by atoms with Gasteiger partial charge < -0.3 is 19.3 Å². The highest BCUT2D eigenvalue weighted by Crippen LogP contribution is 2.40. The molecule has 0 bridgehead atoms. The third kappa shape index (κ3) is 4.55. The van der Waals surface area contributed by atoms with Crippen LogP contribution in [-0.2, 0) is 29.0 Å². The van der Waals surface area contributed by atoms with Crippen LogP contribution in [0.4, 0.5) is 0 Å². The van der Waals surface area contributed by atoms with Crippen molar-refractivity contribution >= 4 is 16.0 Å². The van der Waals surface area contributed by atoms with Crippen LogP contribution < -0.4 is 4.72 Å². The third-order valence-corrected chi connectivity index (χ3v) is 6.58. The summed E-state index contributed by atoms with van der Waals surface area (Å²) >= 11 is 0. The molecule has 5 atom stereocenters. The molecule has 1 heterocycles. The first-order valence-corrected chi connectivity index (χ1v) is 10.7. The van der Waals surface area contributed by atoms with Gasteiger partial charge in [-0.2, -0.15) is 0 Å². The number of aryl methyl sites for hydroxylation is 1. The molecule has 1 aromatic carbocycles. The minimum absolute atomic E-state index is 0.0609. The monoisotopic (exact) mass is 413 g/mol. The molecule has 3 rings (SSSR count). The number of rotatable bonds is 5. The van der Waals surface area contributed by atoms with Crippen molar-refractivity contribution < 1.29 is 32.5 Å². The summed E-state index contributed by atoms with van der Waals surface area (Å²) in [5.74, 6) is -1.67. The number of ether oxygens (including phenoxy) is 3. The average Bonchev–Trinajstić information content (AvgIpc) is 2.92. The number of nitrogens with one attached hydrogen (secondary N) is 1. The fourth-order valence-electron chi connectivity index (χ4n) is 3.76. The quantitative estimate of drug-likeness (QED) is 0.696. The molecule has 0 radical (unpaired) electrons. The summed E-state index contributed by atoms with van der Waals surface area (Å²) in [6.07, 6.45) is -2.07. The van der Waals surface area contributed by atoms with E-state index >= 15 is 0 Å². The molecule has 1 aliphatic carbocycles. The summed E-state index contributed by atoms with van der Waals surface area (Å²) in [6, 6.07) is 5.66. The smallest absolute Gasteiger partial charge is 0.302 e.